The van der Waals surface area contributed by atoms with E-state index in [1.165, 1.54) is 25.7 Å². The molecule has 0 atom stereocenters. The van der Waals surface area contributed by atoms with Crippen molar-refractivity contribution >= 4 is 45.7 Å². The summed E-state index contributed by atoms with van der Waals surface area (Å²) in [5.74, 6) is 1.39. The quantitative estimate of drug-likeness (QED) is 0.774. The Morgan fingerprint density at radius 2 is 1.91 bits per heavy atom. The number of rotatable bonds is 3. The SMILES string of the molecule is Cl.c1cnc2ccc(Nc3nnc(C4CCCC4)s3)nc2c1. The lowest BCUT2D eigenvalue weighted by atomic mass is 10.1. The molecule has 1 saturated carbocycles. The van der Waals surface area contributed by atoms with Crippen LogP contribution < -0.4 is 5.32 Å². The summed E-state index contributed by atoms with van der Waals surface area (Å²) in [5.41, 5.74) is 1.77. The Morgan fingerprint density at radius 3 is 2.77 bits per heavy atom. The zero-order valence-electron chi connectivity index (χ0n) is 11.9. The van der Waals surface area contributed by atoms with Crippen molar-refractivity contribution < 1.29 is 0 Å². The highest BCUT2D eigenvalue weighted by Gasteiger charge is 2.21. The molecule has 3 heterocycles. The van der Waals surface area contributed by atoms with E-state index >= 15 is 0 Å². The number of fused-ring (bicyclic) bond motifs is 1. The molecule has 7 heteroatoms. The lowest BCUT2D eigenvalue weighted by Gasteiger charge is -2.03. The molecule has 0 aliphatic heterocycles. The van der Waals surface area contributed by atoms with E-state index in [-0.39, 0.29) is 12.4 Å². The highest BCUT2D eigenvalue weighted by Crippen LogP contribution is 2.36. The van der Waals surface area contributed by atoms with Gasteiger partial charge in [0.15, 0.2) is 0 Å². The van der Waals surface area contributed by atoms with E-state index in [0.717, 1.165) is 27.0 Å². The van der Waals surface area contributed by atoms with Gasteiger partial charge in [-0.25, -0.2) is 4.98 Å². The van der Waals surface area contributed by atoms with Crippen molar-refractivity contribution in [2.24, 2.45) is 0 Å². The van der Waals surface area contributed by atoms with E-state index in [0.29, 0.717) is 5.92 Å². The van der Waals surface area contributed by atoms with Crippen LogP contribution in [0.1, 0.15) is 36.6 Å². The molecular formula is C15H16ClN5S. The summed E-state index contributed by atoms with van der Waals surface area (Å²) in [6.07, 6.45) is 6.89. The minimum absolute atomic E-state index is 0. The molecule has 1 aliphatic carbocycles. The lowest BCUT2D eigenvalue weighted by molar-refractivity contribution is 0.705. The van der Waals surface area contributed by atoms with E-state index in [9.17, 15) is 0 Å². The van der Waals surface area contributed by atoms with Gasteiger partial charge in [-0.15, -0.1) is 22.6 Å². The zero-order chi connectivity index (χ0) is 14.1. The van der Waals surface area contributed by atoms with Crippen LogP contribution >= 0.6 is 23.7 Å². The molecule has 0 spiro atoms. The van der Waals surface area contributed by atoms with Gasteiger partial charge in [-0.1, -0.05) is 24.2 Å². The summed E-state index contributed by atoms with van der Waals surface area (Å²) in [7, 11) is 0. The number of anilines is 2. The number of hydrogen-bond donors (Lipinski definition) is 1. The molecule has 114 valence electrons. The van der Waals surface area contributed by atoms with Gasteiger partial charge in [0.2, 0.25) is 5.13 Å². The topological polar surface area (TPSA) is 63.6 Å². The van der Waals surface area contributed by atoms with Crippen molar-refractivity contribution in [1.82, 2.24) is 20.2 Å². The van der Waals surface area contributed by atoms with Crippen molar-refractivity contribution in [3.8, 4) is 0 Å². The summed E-state index contributed by atoms with van der Waals surface area (Å²) in [6, 6.07) is 7.73. The molecule has 3 aromatic heterocycles. The third-order valence-corrected chi connectivity index (χ3v) is 4.84. The van der Waals surface area contributed by atoms with Crippen LogP contribution in [0.2, 0.25) is 0 Å². The van der Waals surface area contributed by atoms with Crippen LogP contribution in [0.25, 0.3) is 11.0 Å². The molecule has 22 heavy (non-hydrogen) atoms. The summed E-state index contributed by atoms with van der Waals surface area (Å²) in [5, 5.41) is 13.8. The smallest absolute Gasteiger partial charge is 0.211 e. The Hall–Kier alpha value is -1.79. The minimum atomic E-state index is 0. The van der Waals surface area contributed by atoms with Crippen molar-refractivity contribution in [1.29, 1.82) is 0 Å². The number of pyridine rings is 2. The van der Waals surface area contributed by atoms with Crippen molar-refractivity contribution in [3.05, 3.63) is 35.5 Å². The van der Waals surface area contributed by atoms with Crippen LogP contribution in [0, 0.1) is 0 Å². The fourth-order valence-electron chi connectivity index (χ4n) is 2.76. The first-order valence-electron chi connectivity index (χ1n) is 7.21. The number of hydrogen-bond acceptors (Lipinski definition) is 6. The van der Waals surface area contributed by atoms with Crippen LogP contribution in [0.4, 0.5) is 10.9 Å². The van der Waals surface area contributed by atoms with Crippen LogP contribution in [-0.2, 0) is 0 Å². The van der Waals surface area contributed by atoms with Gasteiger partial charge in [0.05, 0.1) is 11.0 Å². The Morgan fingerprint density at radius 1 is 1.05 bits per heavy atom. The van der Waals surface area contributed by atoms with Gasteiger partial charge in [-0.3, -0.25) is 4.98 Å². The molecule has 0 saturated heterocycles. The zero-order valence-corrected chi connectivity index (χ0v) is 13.5. The largest absolute Gasteiger partial charge is 0.315 e. The molecule has 1 N–H and O–H groups in total. The Balaban J connectivity index is 0.00000144. The first-order chi connectivity index (χ1) is 10.4. The van der Waals surface area contributed by atoms with Gasteiger partial charge in [0.1, 0.15) is 10.8 Å². The lowest BCUT2D eigenvalue weighted by Crippen LogP contribution is -1.93. The van der Waals surface area contributed by atoms with Gasteiger partial charge in [-0.05, 0) is 37.1 Å². The monoisotopic (exact) mass is 333 g/mol. The van der Waals surface area contributed by atoms with Crippen LogP contribution in [0.3, 0.4) is 0 Å². The number of nitrogens with zero attached hydrogens (tertiary/aromatic N) is 4. The third kappa shape index (κ3) is 3.03. The normalized spacial score (nSPS) is 14.9. The molecule has 1 aliphatic rings. The summed E-state index contributed by atoms with van der Waals surface area (Å²) < 4.78 is 0. The number of aromatic nitrogens is 4. The summed E-state index contributed by atoms with van der Waals surface area (Å²) in [6.45, 7) is 0. The molecule has 4 rings (SSSR count). The van der Waals surface area contributed by atoms with Crippen molar-refractivity contribution in [2.75, 3.05) is 5.32 Å². The van der Waals surface area contributed by atoms with Crippen molar-refractivity contribution in [3.63, 3.8) is 0 Å². The summed E-state index contributed by atoms with van der Waals surface area (Å²) in [4.78, 5) is 8.81. The van der Waals surface area contributed by atoms with Crippen molar-refractivity contribution in [2.45, 2.75) is 31.6 Å². The maximum atomic E-state index is 4.54. The Kier molecular flexibility index (Phi) is 4.49. The molecule has 5 nitrogen and oxygen atoms in total. The van der Waals surface area contributed by atoms with E-state index in [2.05, 4.69) is 25.5 Å². The molecule has 0 amide bonds. The highest BCUT2D eigenvalue weighted by atomic mass is 35.5. The van der Waals surface area contributed by atoms with Gasteiger partial charge < -0.3 is 5.32 Å². The molecule has 0 bridgehead atoms. The van der Waals surface area contributed by atoms with E-state index < -0.39 is 0 Å². The average Bonchev–Trinajstić information content (AvgIpc) is 3.18. The molecule has 1 fully saturated rings. The van der Waals surface area contributed by atoms with Gasteiger partial charge >= 0.3 is 0 Å². The van der Waals surface area contributed by atoms with E-state index in [4.69, 9.17) is 0 Å². The second kappa shape index (κ2) is 6.54. The molecule has 0 aromatic carbocycles. The molecular weight excluding hydrogens is 318 g/mol. The second-order valence-electron chi connectivity index (χ2n) is 5.29. The Bertz CT molecular complexity index is 769. The highest BCUT2D eigenvalue weighted by molar-refractivity contribution is 7.15. The van der Waals surface area contributed by atoms with Crippen LogP contribution in [0.5, 0.6) is 0 Å². The van der Waals surface area contributed by atoms with E-state index in [1.807, 2.05) is 24.3 Å². The first-order valence-corrected chi connectivity index (χ1v) is 8.02. The predicted molar refractivity (Wildman–Crippen MR) is 91.2 cm³/mol. The minimum Gasteiger partial charge on any atom is -0.315 e. The summed E-state index contributed by atoms with van der Waals surface area (Å²) >= 11 is 1.64. The van der Waals surface area contributed by atoms with Gasteiger partial charge in [0.25, 0.3) is 0 Å². The molecule has 0 unspecified atom stereocenters. The number of halogens is 1. The predicted octanol–water partition coefficient (Wildman–Crippen LogP) is 4.30. The first kappa shape index (κ1) is 15.1. The fraction of sp³-hybridized carbons (Fsp3) is 0.333. The van der Waals surface area contributed by atoms with E-state index in [1.54, 1.807) is 17.5 Å². The standard InChI is InChI=1S/C15H15N5S.ClH/c1-2-5-10(4-1)14-19-20-15(21-14)18-13-8-7-11-12(17-13)6-3-9-16-11;/h3,6-10H,1-2,4-5H2,(H,17,18,20);1H. The fourth-order valence-corrected chi connectivity index (χ4v) is 3.68. The third-order valence-electron chi connectivity index (χ3n) is 3.84. The Labute approximate surface area is 138 Å². The van der Waals surface area contributed by atoms with Crippen LogP contribution in [0.15, 0.2) is 30.5 Å². The average molecular weight is 334 g/mol. The van der Waals surface area contributed by atoms with Gasteiger partial charge in [0, 0.05) is 12.1 Å². The van der Waals surface area contributed by atoms with Crippen LogP contribution in [-0.4, -0.2) is 20.2 Å². The molecule has 3 aromatic rings. The molecule has 0 radical (unpaired) electrons. The second-order valence-corrected chi connectivity index (χ2v) is 6.30. The number of nitrogens with one attached hydrogen (secondary N) is 1. The maximum Gasteiger partial charge on any atom is 0.211 e. The van der Waals surface area contributed by atoms with Gasteiger partial charge in [-0.2, -0.15) is 0 Å². The maximum absolute atomic E-state index is 4.54.